The van der Waals surface area contributed by atoms with E-state index >= 15 is 0 Å². The van der Waals surface area contributed by atoms with Crippen LogP contribution in [0.25, 0.3) is 0 Å². The van der Waals surface area contributed by atoms with Crippen LogP contribution < -0.4 is 0 Å². The van der Waals surface area contributed by atoms with Crippen LogP contribution in [0.4, 0.5) is 0 Å². The van der Waals surface area contributed by atoms with Crippen molar-refractivity contribution in [3.05, 3.63) is 12.7 Å². The SMILES string of the molecule is C=CCC(O)(CC(CC)CC(=O)O)C(O)CO. The van der Waals surface area contributed by atoms with Gasteiger partial charge in [0.25, 0.3) is 0 Å². The van der Waals surface area contributed by atoms with E-state index in [2.05, 4.69) is 6.58 Å². The van der Waals surface area contributed by atoms with Crippen LogP contribution in [0.1, 0.15) is 32.6 Å². The maximum atomic E-state index is 10.6. The molecule has 0 amide bonds. The van der Waals surface area contributed by atoms with Gasteiger partial charge < -0.3 is 20.4 Å². The summed E-state index contributed by atoms with van der Waals surface area (Å²) in [6.07, 6.45) is 0.932. The Morgan fingerprint density at radius 1 is 1.53 bits per heavy atom. The quantitative estimate of drug-likeness (QED) is 0.445. The van der Waals surface area contributed by atoms with E-state index in [4.69, 9.17) is 10.2 Å². The highest BCUT2D eigenvalue weighted by Crippen LogP contribution is 2.28. The zero-order valence-corrected chi connectivity index (χ0v) is 10.2. The lowest BCUT2D eigenvalue weighted by atomic mass is 9.81. The molecule has 0 spiro atoms. The Morgan fingerprint density at radius 3 is 2.47 bits per heavy atom. The Morgan fingerprint density at radius 2 is 2.12 bits per heavy atom. The Labute approximate surface area is 101 Å². The van der Waals surface area contributed by atoms with Crippen LogP contribution in [-0.2, 0) is 4.79 Å². The van der Waals surface area contributed by atoms with Crippen LogP contribution >= 0.6 is 0 Å². The van der Waals surface area contributed by atoms with Gasteiger partial charge in [0.1, 0.15) is 6.10 Å². The smallest absolute Gasteiger partial charge is 0.303 e. The molecule has 100 valence electrons. The maximum Gasteiger partial charge on any atom is 0.303 e. The molecule has 0 aromatic carbocycles. The molecular formula is C12H22O5. The largest absolute Gasteiger partial charge is 0.481 e. The highest BCUT2D eigenvalue weighted by Gasteiger charge is 2.36. The molecule has 0 radical (unpaired) electrons. The first-order chi connectivity index (χ1) is 7.89. The first-order valence-electron chi connectivity index (χ1n) is 5.73. The van der Waals surface area contributed by atoms with Crippen LogP contribution in [0.15, 0.2) is 12.7 Å². The summed E-state index contributed by atoms with van der Waals surface area (Å²) < 4.78 is 0. The topological polar surface area (TPSA) is 98.0 Å². The van der Waals surface area contributed by atoms with E-state index in [1.54, 1.807) is 0 Å². The standard InChI is InChI=1S/C12H22O5/c1-3-5-12(17,10(14)8-13)7-9(4-2)6-11(15)16/h3,9-10,13-14,17H,1,4-8H2,2H3,(H,15,16). The van der Waals surface area contributed by atoms with Crippen molar-refractivity contribution < 1.29 is 25.2 Å². The average molecular weight is 246 g/mol. The van der Waals surface area contributed by atoms with Gasteiger partial charge >= 0.3 is 5.97 Å². The van der Waals surface area contributed by atoms with Crippen molar-refractivity contribution in [3.63, 3.8) is 0 Å². The zero-order valence-electron chi connectivity index (χ0n) is 10.2. The minimum Gasteiger partial charge on any atom is -0.481 e. The molecule has 0 saturated heterocycles. The lowest BCUT2D eigenvalue weighted by molar-refractivity contribution is -0.140. The molecule has 4 N–H and O–H groups in total. The van der Waals surface area contributed by atoms with Gasteiger partial charge in [0.05, 0.1) is 12.2 Å². The molecule has 0 aromatic heterocycles. The molecule has 0 bridgehead atoms. The summed E-state index contributed by atoms with van der Waals surface area (Å²) in [5.74, 6) is -1.17. The number of carbonyl (C=O) groups is 1. The molecule has 0 fully saturated rings. The minimum absolute atomic E-state index is 0.0614. The Hall–Kier alpha value is -0.910. The molecule has 3 atom stereocenters. The molecule has 3 unspecified atom stereocenters. The maximum absolute atomic E-state index is 10.6. The fourth-order valence-electron chi connectivity index (χ4n) is 1.88. The molecule has 0 aliphatic heterocycles. The molecule has 17 heavy (non-hydrogen) atoms. The fourth-order valence-corrected chi connectivity index (χ4v) is 1.88. The van der Waals surface area contributed by atoms with Gasteiger partial charge in [-0.05, 0) is 18.8 Å². The Bertz CT molecular complexity index is 253. The third-order valence-corrected chi connectivity index (χ3v) is 2.97. The molecule has 5 nitrogen and oxygen atoms in total. The Kier molecular flexibility index (Phi) is 7.03. The van der Waals surface area contributed by atoms with Crippen molar-refractivity contribution in [3.8, 4) is 0 Å². The second-order valence-corrected chi connectivity index (χ2v) is 4.37. The van der Waals surface area contributed by atoms with E-state index in [0.717, 1.165) is 0 Å². The summed E-state index contributed by atoms with van der Waals surface area (Å²) in [5.41, 5.74) is -1.51. The summed E-state index contributed by atoms with van der Waals surface area (Å²) in [6.45, 7) is 4.75. The van der Waals surface area contributed by atoms with Crippen LogP contribution in [0.3, 0.4) is 0 Å². The van der Waals surface area contributed by atoms with E-state index in [1.165, 1.54) is 6.08 Å². The van der Waals surface area contributed by atoms with Crippen molar-refractivity contribution in [1.82, 2.24) is 0 Å². The number of carboxylic acids is 1. The van der Waals surface area contributed by atoms with E-state index in [0.29, 0.717) is 6.42 Å². The molecular weight excluding hydrogens is 224 g/mol. The highest BCUT2D eigenvalue weighted by molar-refractivity contribution is 5.67. The molecule has 5 heteroatoms. The molecule has 0 rings (SSSR count). The number of carboxylic acid groups (broad SMARTS) is 1. The van der Waals surface area contributed by atoms with Gasteiger partial charge in [0, 0.05) is 6.42 Å². The predicted molar refractivity (Wildman–Crippen MR) is 63.5 cm³/mol. The van der Waals surface area contributed by atoms with E-state index < -0.39 is 24.3 Å². The predicted octanol–water partition coefficient (Wildman–Crippen LogP) is 0.538. The monoisotopic (exact) mass is 246 g/mol. The third kappa shape index (κ3) is 5.30. The molecule has 0 aromatic rings. The molecule has 0 saturated carbocycles. The van der Waals surface area contributed by atoms with Crippen LogP contribution in [0.2, 0.25) is 0 Å². The van der Waals surface area contributed by atoms with Crippen molar-refractivity contribution >= 4 is 5.97 Å². The minimum atomic E-state index is -1.51. The highest BCUT2D eigenvalue weighted by atomic mass is 16.4. The first kappa shape index (κ1) is 16.1. The number of aliphatic hydroxyl groups excluding tert-OH is 2. The van der Waals surface area contributed by atoms with Crippen molar-refractivity contribution in [2.45, 2.75) is 44.3 Å². The van der Waals surface area contributed by atoms with Crippen molar-refractivity contribution in [2.24, 2.45) is 5.92 Å². The first-order valence-corrected chi connectivity index (χ1v) is 5.73. The summed E-state index contributed by atoms with van der Waals surface area (Å²) in [6, 6.07) is 0. The molecule has 0 heterocycles. The number of hydrogen-bond acceptors (Lipinski definition) is 4. The average Bonchev–Trinajstić information content (AvgIpc) is 2.26. The van der Waals surface area contributed by atoms with Gasteiger partial charge in [-0.25, -0.2) is 0 Å². The zero-order chi connectivity index (χ0) is 13.5. The lowest BCUT2D eigenvalue weighted by Crippen LogP contribution is -2.45. The van der Waals surface area contributed by atoms with Gasteiger partial charge in [-0.15, -0.1) is 6.58 Å². The lowest BCUT2D eigenvalue weighted by Gasteiger charge is -2.34. The second-order valence-electron chi connectivity index (χ2n) is 4.37. The van der Waals surface area contributed by atoms with Gasteiger partial charge in [0.2, 0.25) is 0 Å². The van der Waals surface area contributed by atoms with Crippen LogP contribution in [-0.4, -0.2) is 44.7 Å². The molecule has 0 aliphatic carbocycles. The number of aliphatic hydroxyl groups is 3. The van der Waals surface area contributed by atoms with E-state index in [1.807, 2.05) is 6.92 Å². The van der Waals surface area contributed by atoms with Gasteiger partial charge in [0.15, 0.2) is 0 Å². The fraction of sp³-hybridized carbons (Fsp3) is 0.750. The number of hydrogen-bond donors (Lipinski definition) is 4. The van der Waals surface area contributed by atoms with Crippen molar-refractivity contribution in [1.29, 1.82) is 0 Å². The van der Waals surface area contributed by atoms with Crippen LogP contribution in [0.5, 0.6) is 0 Å². The van der Waals surface area contributed by atoms with Gasteiger partial charge in [-0.2, -0.15) is 0 Å². The Balaban J connectivity index is 4.70. The summed E-state index contributed by atoms with van der Waals surface area (Å²) in [4.78, 5) is 10.6. The van der Waals surface area contributed by atoms with E-state index in [9.17, 15) is 15.0 Å². The second kappa shape index (κ2) is 7.42. The summed E-state index contributed by atoms with van der Waals surface area (Å²) in [7, 11) is 0. The summed E-state index contributed by atoms with van der Waals surface area (Å²) >= 11 is 0. The molecule has 0 aliphatic rings. The van der Waals surface area contributed by atoms with Crippen molar-refractivity contribution in [2.75, 3.05) is 6.61 Å². The van der Waals surface area contributed by atoms with E-state index in [-0.39, 0.29) is 25.2 Å². The number of aliphatic carboxylic acids is 1. The third-order valence-electron chi connectivity index (χ3n) is 2.97. The van der Waals surface area contributed by atoms with Gasteiger partial charge in [-0.3, -0.25) is 4.79 Å². The normalized spacial score (nSPS) is 18.1. The van der Waals surface area contributed by atoms with Gasteiger partial charge in [-0.1, -0.05) is 19.4 Å². The number of rotatable bonds is 9. The summed E-state index contributed by atoms with van der Waals surface area (Å²) in [5, 5.41) is 37.4. The van der Waals surface area contributed by atoms with Crippen LogP contribution in [0, 0.1) is 5.92 Å².